The number of rotatable bonds is 6. The van der Waals surface area contributed by atoms with Crippen molar-refractivity contribution in [3.63, 3.8) is 0 Å². The highest BCUT2D eigenvalue weighted by Crippen LogP contribution is 2.10. The van der Waals surface area contributed by atoms with Gasteiger partial charge in [-0.2, -0.15) is 0 Å². The van der Waals surface area contributed by atoms with Gasteiger partial charge in [0, 0.05) is 19.1 Å². The summed E-state index contributed by atoms with van der Waals surface area (Å²) in [6.45, 7) is 7.96. The molecule has 0 bridgehead atoms. The molecule has 0 aromatic heterocycles. The summed E-state index contributed by atoms with van der Waals surface area (Å²) in [5.41, 5.74) is 5.61. The summed E-state index contributed by atoms with van der Waals surface area (Å²) < 4.78 is 5.48. The first-order valence-electron chi connectivity index (χ1n) is 6.94. The van der Waals surface area contributed by atoms with Crippen LogP contribution in [-0.4, -0.2) is 53.7 Å². The van der Waals surface area contributed by atoms with Crippen LogP contribution in [-0.2, 0) is 9.53 Å². The molecule has 2 unspecified atom stereocenters. The molecule has 0 spiro atoms. The Hall–Kier alpha value is -0.720. The molecule has 0 aliphatic carbocycles. The van der Waals surface area contributed by atoms with Gasteiger partial charge < -0.3 is 15.8 Å². The van der Waals surface area contributed by atoms with E-state index in [-0.39, 0.29) is 24.1 Å². The fourth-order valence-corrected chi connectivity index (χ4v) is 2.32. The largest absolute Gasteiger partial charge is 0.391 e. The highest BCUT2D eigenvalue weighted by Gasteiger charge is 2.29. The maximum atomic E-state index is 12.2. The highest BCUT2D eigenvalue weighted by molar-refractivity contribution is 7.80. The van der Waals surface area contributed by atoms with Crippen molar-refractivity contribution in [3.8, 4) is 0 Å². The normalized spacial score (nSPS) is 22.2. The maximum absolute atomic E-state index is 12.2. The first-order valence-corrected chi connectivity index (χ1v) is 7.35. The number of hydrogen-bond acceptors (Lipinski definition) is 4. The topological polar surface area (TPSA) is 67.6 Å². The van der Waals surface area contributed by atoms with Crippen LogP contribution in [0.15, 0.2) is 0 Å². The maximum Gasteiger partial charge on any atom is 0.237 e. The zero-order valence-electron chi connectivity index (χ0n) is 12.0. The molecule has 1 heterocycles. The molecule has 2 atom stereocenters. The zero-order chi connectivity index (χ0) is 14.4. The van der Waals surface area contributed by atoms with Crippen molar-refractivity contribution < 1.29 is 9.53 Å². The van der Waals surface area contributed by atoms with Gasteiger partial charge in [0.15, 0.2) is 0 Å². The van der Waals surface area contributed by atoms with Gasteiger partial charge in [-0.25, -0.2) is 0 Å². The smallest absolute Gasteiger partial charge is 0.237 e. The van der Waals surface area contributed by atoms with Gasteiger partial charge in [0.25, 0.3) is 0 Å². The molecular formula is C13H25N3O2S. The van der Waals surface area contributed by atoms with E-state index >= 15 is 0 Å². The Balaban J connectivity index is 2.53. The van der Waals surface area contributed by atoms with Crippen molar-refractivity contribution in [2.24, 2.45) is 5.73 Å². The van der Waals surface area contributed by atoms with Gasteiger partial charge >= 0.3 is 0 Å². The molecule has 6 heteroatoms. The van der Waals surface area contributed by atoms with E-state index < -0.39 is 0 Å². The zero-order valence-corrected chi connectivity index (χ0v) is 12.8. The lowest BCUT2D eigenvalue weighted by atomic mass is 10.1. The van der Waals surface area contributed by atoms with E-state index in [9.17, 15) is 4.79 Å². The Labute approximate surface area is 120 Å². The number of ether oxygens (including phenoxy) is 1. The molecule has 0 aromatic carbocycles. The van der Waals surface area contributed by atoms with Crippen LogP contribution in [0.1, 0.15) is 33.6 Å². The van der Waals surface area contributed by atoms with Crippen molar-refractivity contribution in [2.75, 3.05) is 19.7 Å². The molecule has 1 rings (SSSR count). The molecule has 1 saturated heterocycles. The number of carbonyl (C=O) groups is 1. The van der Waals surface area contributed by atoms with Crippen LogP contribution in [0.3, 0.4) is 0 Å². The molecule has 3 N–H and O–H groups in total. The van der Waals surface area contributed by atoms with Crippen LogP contribution >= 0.6 is 12.2 Å². The Morgan fingerprint density at radius 1 is 1.53 bits per heavy atom. The minimum atomic E-state index is -0.243. The molecule has 0 radical (unpaired) electrons. The van der Waals surface area contributed by atoms with Gasteiger partial charge in [-0.3, -0.25) is 9.69 Å². The summed E-state index contributed by atoms with van der Waals surface area (Å²) >= 11 is 4.95. The molecule has 19 heavy (non-hydrogen) atoms. The molecule has 110 valence electrons. The minimum absolute atomic E-state index is 0.0669. The van der Waals surface area contributed by atoms with Gasteiger partial charge in [-0.05, 0) is 19.8 Å². The lowest BCUT2D eigenvalue weighted by molar-refractivity contribution is -0.128. The number of morpholine rings is 1. The fourth-order valence-electron chi connectivity index (χ4n) is 2.17. The van der Waals surface area contributed by atoms with Crippen molar-refractivity contribution in [1.82, 2.24) is 10.2 Å². The standard InChI is InChI=1S/C13H25N3O2S/c1-4-10(5-2)15-13(17)9(3)16-6-7-18-11(8-16)12(14)19/h9-11H,4-8H2,1-3H3,(H2,14,19)(H,15,17). The summed E-state index contributed by atoms with van der Waals surface area (Å²) in [7, 11) is 0. The van der Waals surface area contributed by atoms with Crippen LogP contribution in [0.4, 0.5) is 0 Å². The average molecular weight is 287 g/mol. The Bertz CT molecular complexity index is 321. The van der Waals surface area contributed by atoms with Gasteiger partial charge in [-0.1, -0.05) is 26.1 Å². The Morgan fingerprint density at radius 3 is 2.68 bits per heavy atom. The van der Waals surface area contributed by atoms with Crippen molar-refractivity contribution in [3.05, 3.63) is 0 Å². The monoisotopic (exact) mass is 287 g/mol. The lowest BCUT2D eigenvalue weighted by Crippen LogP contribution is -2.55. The molecule has 1 aliphatic rings. The second kappa shape index (κ2) is 7.77. The van der Waals surface area contributed by atoms with Crippen LogP contribution < -0.4 is 11.1 Å². The first kappa shape index (κ1) is 16.3. The lowest BCUT2D eigenvalue weighted by Gasteiger charge is -2.36. The molecule has 0 aromatic rings. The molecule has 0 saturated carbocycles. The molecular weight excluding hydrogens is 262 g/mol. The van der Waals surface area contributed by atoms with Crippen molar-refractivity contribution in [2.45, 2.75) is 51.8 Å². The van der Waals surface area contributed by atoms with Gasteiger partial charge in [0.2, 0.25) is 5.91 Å². The third-order valence-electron chi connectivity index (χ3n) is 3.67. The quantitative estimate of drug-likeness (QED) is 0.703. The number of amides is 1. The highest BCUT2D eigenvalue weighted by atomic mass is 32.1. The van der Waals surface area contributed by atoms with Crippen molar-refractivity contribution >= 4 is 23.1 Å². The van der Waals surface area contributed by atoms with E-state index in [0.29, 0.717) is 18.1 Å². The van der Waals surface area contributed by atoms with Crippen LogP contribution in [0, 0.1) is 0 Å². The predicted molar refractivity (Wildman–Crippen MR) is 80.1 cm³/mol. The number of nitrogens with two attached hydrogens (primary N) is 1. The molecule has 5 nitrogen and oxygen atoms in total. The van der Waals surface area contributed by atoms with Crippen LogP contribution in [0.5, 0.6) is 0 Å². The van der Waals surface area contributed by atoms with E-state index in [1.54, 1.807) is 0 Å². The molecule has 1 fully saturated rings. The first-order chi connectivity index (χ1) is 8.99. The van der Waals surface area contributed by atoms with E-state index in [4.69, 9.17) is 22.7 Å². The Morgan fingerprint density at radius 2 is 2.16 bits per heavy atom. The number of hydrogen-bond donors (Lipinski definition) is 2. The number of thiocarbonyl (C=S) groups is 1. The summed E-state index contributed by atoms with van der Waals surface area (Å²) in [4.78, 5) is 14.6. The SMILES string of the molecule is CCC(CC)NC(=O)C(C)N1CCOC(C(N)=S)C1. The van der Waals surface area contributed by atoms with Crippen molar-refractivity contribution in [1.29, 1.82) is 0 Å². The molecule has 1 aliphatic heterocycles. The fraction of sp³-hybridized carbons (Fsp3) is 0.846. The summed E-state index contributed by atoms with van der Waals surface area (Å²) in [5.74, 6) is 0.0669. The van der Waals surface area contributed by atoms with E-state index in [1.807, 2.05) is 6.92 Å². The number of nitrogens with zero attached hydrogens (tertiary/aromatic N) is 1. The minimum Gasteiger partial charge on any atom is -0.391 e. The predicted octanol–water partition coefficient (Wildman–Crippen LogP) is 0.667. The van der Waals surface area contributed by atoms with E-state index in [0.717, 1.165) is 19.4 Å². The summed E-state index contributed by atoms with van der Waals surface area (Å²) in [6.07, 6.45) is 1.66. The van der Waals surface area contributed by atoms with E-state index in [1.165, 1.54) is 0 Å². The van der Waals surface area contributed by atoms with Gasteiger partial charge in [0.1, 0.15) is 11.1 Å². The van der Waals surface area contributed by atoms with Gasteiger partial charge in [-0.15, -0.1) is 0 Å². The average Bonchev–Trinajstić information content (AvgIpc) is 2.43. The summed E-state index contributed by atoms with van der Waals surface area (Å²) in [6, 6.07) is 0.0729. The third-order valence-corrected chi connectivity index (χ3v) is 3.94. The number of nitrogens with one attached hydrogen (secondary N) is 1. The van der Waals surface area contributed by atoms with E-state index in [2.05, 4.69) is 24.1 Å². The second-order valence-corrected chi connectivity index (χ2v) is 5.43. The van der Waals surface area contributed by atoms with Crippen LogP contribution in [0.25, 0.3) is 0 Å². The van der Waals surface area contributed by atoms with Gasteiger partial charge in [0.05, 0.1) is 12.6 Å². The Kier molecular flexibility index (Phi) is 6.68. The molecule has 1 amide bonds. The third kappa shape index (κ3) is 4.71. The van der Waals surface area contributed by atoms with Crippen LogP contribution in [0.2, 0.25) is 0 Å². The summed E-state index contributed by atoms with van der Waals surface area (Å²) in [5, 5.41) is 3.07. The second-order valence-electron chi connectivity index (χ2n) is 4.95. The number of carbonyl (C=O) groups excluding carboxylic acids is 1.